The average Bonchev–Trinajstić information content (AvgIpc) is 2.33. The Morgan fingerprint density at radius 2 is 1.65 bits per heavy atom. The lowest BCUT2D eigenvalue weighted by molar-refractivity contribution is 1.32. The Hall–Kier alpha value is -2.09. The van der Waals surface area contributed by atoms with E-state index in [0.717, 1.165) is 16.7 Å². The van der Waals surface area contributed by atoms with Crippen molar-refractivity contribution < 1.29 is 0 Å². The van der Waals surface area contributed by atoms with E-state index in [2.05, 4.69) is 13.8 Å². The van der Waals surface area contributed by atoms with Crippen molar-refractivity contribution in [2.75, 3.05) is 0 Å². The second kappa shape index (κ2) is 4.42. The highest BCUT2D eigenvalue weighted by Gasteiger charge is 2.11. The molecule has 0 saturated heterocycles. The largest absolute Gasteiger partial charge is 0.384 e. The van der Waals surface area contributed by atoms with Gasteiger partial charge in [-0.25, -0.2) is 0 Å². The minimum absolute atomic E-state index is 0.118. The lowest BCUT2D eigenvalue weighted by Crippen LogP contribution is -2.13. The molecule has 0 aliphatic carbocycles. The average molecular weight is 224 g/mol. The number of rotatable bonds is 2. The molecule has 86 valence electrons. The Kier molecular flexibility index (Phi) is 2.96. The molecule has 2 aromatic rings. The van der Waals surface area contributed by atoms with Crippen LogP contribution in [0, 0.1) is 19.3 Å². The van der Waals surface area contributed by atoms with Crippen LogP contribution in [0.5, 0.6) is 0 Å². The number of nitrogens with one attached hydrogen (secondary N) is 1. The molecule has 0 saturated carbocycles. The molecule has 0 aliphatic heterocycles. The first kappa shape index (κ1) is 11.4. The van der Waals surface area contributed by atoms with E-state index >= 15 is 0 Å². The minimum atomic E-state index is 0.118. The van der Waals surface area contributed by atoms with E-state index < -0.39 is 0 Å². The van der Waals surface area contributed by atoms with Gasteiger partial charge in [0.1, 0.15) is 5.84 Å². The Balaban J connectivity index is 2.74. The molecule has 2 heteroatoms. The number of nitrogen functional groups attached to an aromatic ring is 1. The van der Waals surface area contributed by atoms with Gasteiger partial charge in [-0.1, -0.05) is 42.5 Å². The SMILES string of the molecule is Cc1ccc(C(=N)N)c(-c2ccccc2)c1C. The molecule has 0 amide bonds. The highest BCUT2D eigenvalue weighted by atomic mass is 14.7. The van der Waals surface area contributed by atoms with E-state index in [-0.39, 0.29) is 5.84 Å². The fourth-order valence-corrected chi connectivity index (χ4v) is 2.02. The first-order valence-corrected chi connectivity index (χ1v) is 5.61. The van der Waals surface area contributed by atoms with Gasteiger partial charge in [0.15, 0.2) is 0 Å². The monoisotopic (exact) mass is 224 g/mol. The zero-order valence-electron chi connectivity index (χ0n) is 10.1. The molecular weight excluding hydrogens is 208 g/mol. The molecule has 17 heavy (non-hydrogen) atoms. The van der Waals surface area contributed by atoms with Crippen LogP contribution in [0.1, 0.15) is 16.7 Å². The third-order valence-electron chi connectivity index (χ3n) is 3.09. The van der Waals surface area contributed by atoms with Crippen molar-refractivity contribution in [3.05, 3.63) is 59.2 Å². The molecule has 0 heterocycles. The summed E-state index contributed by atoms with van der Waals surface area (Å²) >= 11 is 0. The van der Waals surface area contributed by atoms with Crippen LogP contribution in [0.4, 0.5) is 0 Å². The third-order valence-corrected chi connectivity index (χ3v) is 3.09. The van der Waals surface area contributed by atoms with Crippen molar-refractivity contribution in [1.82, 2.24) is 0 Å². The van der Waals surface area contributed by atoms with Gasteiger partial charge in [-0.15, -0.1) is 0 Å². The number of amidine groups is 1. The van der Waals surface area contributed by atoms with Gasteiger partial charge in [0.25, 0.3) is 0 Å². The van der Waals surface area contributed by atoms with Crippen LogP contribution in [0.15, 0.2) is 42.5 Å². The highest BCUT2D eigenvalue weighted by molar-refractivity contribution is 6.02. The van der Waals surface area contributed by atoms with Crippen molar-refractivity contribution in [3.63, 3.8) is 0 Å². The fraction of sp³-hybridized carbons (Fsp3) is 0.133. The Morgan fingerprint density at radius 1 is 1.00 bits per heavy atom. The zero-order chi connectivity index (χ0) is 12.4. The predicted molar refractivity (Wildman–Crippen MR) is 72.4 cm³/mol. The molecule has 0 unspecified atom stereocenters. The van der Waals surface area contributed by atoms with E-state index in [4.69, 9.17) is 11.1 Å². The molecule has 0 aromatic heterocycles. The molecule has 2 aromatic carbocycles. The zero-order valence-corrected chi connectivity index (χ0v) is 10.1. The van der Waals surface area contributed by atoms with Crippen molar-refractivity contribution in [2.24, 2.45) is 5.73 Å². The molecule has 0 bridgehead atoms. The second-order valence-electron chi connectivity index (χ2n) is 4.21. The summed E-state index contributed by atoms with van der Waals surface area (Å²) in [4.78, 5) is 0. The number of aryl methyl sites for hydroxylation is 1. The smallest absolute Gasteiger partial charge is 0.123 e. The van der Waals surface area contributed by atoms with Gasteiger partial charge < -0.3 is 5.73 Å². The van der Waals surface area contributed by atoms with E-state index in [9.17, 15) is 0 Å². The van der Waals surface area contributed by atoms with Crippen LogP contribution in [0.2, 0.25) is 0 Å². The molecule has 2 nitrogen and oxygen atoms in total. The summed E-state index contributed by atoms with van der Waals surface area (Å²) in [7, 11) is 0. The van der Waals surface area contributed by atoms with Crippen molar-refractivity contribution >= 4 is 5.84 Å². The lowest BCUT2D eigenvalue weighted by atomic mass is 9.92. The van der Waals surface area contributed by atoms with Gasteiger partial charge in [-0.3, -0.25) is 5.41 Å². The van der Waals surface area contributed by atoms with Gasteiger partial charge in [-0.2, -0.15) is 0 Å². The van der Waals surface area contributed by atoms with E-state index in [1.54, 1.807) is 0 Å². The summed E-state index contributed by atoms with van der Waals surface area (Å²) < 4.78 is 0. The molecule has 0 spiro atoms. The van der Waals surface area contributed by atoms with E-state index in [1.165, 1.54) is 11.1 Å². The van der Waals surface area contributed by atoms with Crippen molar-refractivity contribution in [3.8, 4) is 11.1 Å². The molecule has 2 rings (SSSR count). The van der Waals surface area contributed by atoms with Crippen LogP contribution in [-0.4, -0.2) is 5.84 Å². The maximum absolute atomic E-state index is 7.67. The summed E-state index contributed by atoms with van der Waals surface area (Å²) in [6.07, 6.45) is 0. The first-order valence-electron chi connectivity index (χ1n) is 5.61. The molecule has 0 atom stereocenters. The predicted octanol–water partition coefficient (Wildman–Crippen LogP) is 3.25. The Bertz CT molecular complexity index is 557. The van der Waals surface area contributed by atoms with Crippen LogP contribution < -0.4 is 5.73 Å². The Morgan fingerprint density at radius 3 is 2.24 bits per heavy atom. The quantitative estimate of drug-likeness (QED) is 0.597. The molecule has 0 radical (unpaired) electrons. The summed E-state index contributed by atoms with van der Waals surface area (Å²) in [5.74, 6) is 0.118. The van der Waals surface area contributed by atoms with Gasteiger partial charge in [0.2, 0.25) is 0 Å². The molecule has 3 N–H and O–H groups in total. The maximum Gasteiger partial charge on any atom is 0.123 e. The van der Waals surface area contributed by atoms with Crippen molar-refractivity contribution in [1.29, 1.82) is 5.41 Å². The summed E-state index contributed by atoms with van der Waals surface area (Å²) in [6, 6.07) is 14.0. The minimum Gasteiger partial charge on any atom is -0.384 e. The number of hydrogen-bond donors (Lipinski definition) is 2. The number of benzene rings is 2. The van der Waals surface area contributed by atoms with Crippen molar-refractivity contribution in [2.45, 2.75) is 13.8 Å². The normalized spacial score (nSPS) is 10.2. The van der Waals surface area contributed by atoms with E-state index in [0.29, 0.717) is 0 Å². The lowest BCUT2D eigenvalue weighted by Gasteiger charge is -2.14. The summed E-state index contributed by atoms with van der Waals surface area (Å²) in [5, 5.41) is 7.67. The van der Waals surface area contributed by atoms with Gasteiger partial charge >= 0.3 is 0 Å². The number of hydrogen-bond acceptors (Lipinski definition) is 1. The Labute approximate surface area is 102 Å². The first-order chi connectivity index (χ1) is 8.11. The second-order valence-corrected chi connectivity index (χ2v) is 4.21. The highest BCUT2D eigenvalue weighted by Crippen LogP contribution is 2.29. The van der Waals surface area contributed by atoms with E-state index in [1.807, 2.05) is 42.5 Å². The van der Waals surface area contributed by atoms with Gasteiger partial charge in [0, 0.05) is 5.56 Å². The summed E-state index contributed by atoms with van der Waals surface area (Å²) in [6.45, 7) is 4.15. The fourth-order valence-electron chi connectivity index (χ4n) is 2.02. The molecule has 0 aliphatic rings. The standard InChI is InChI=1S/C15H16N2/c1-10-8-9-13(15(16)17)14(11(10)2)12-6-4-3-5-7-12/h3-9H,1-2H3,(H3,16,17). The van der Waals surface area contributed by atoms with Gasteiger partial charge in [-0.05, 0) is 36.1 Å². The molecule has 0 fully saturated rings. The number of nitrogens with two attached hydrogens (primary N) is 1. The van der Waals surface area contributed by atoms with Crippen LogP contribution in [-0.2, 0) is 0 Å². The van der Waals surface area contributed by atoms with Gasteiger partial charge in [0.05, 0.1) is 0 Å². The maximum atomic E-state index is 7.67. The topological polar surface area (TPSA) is 49.9 Å². The molecular formula is C15H16N2. The van der Waals surface area contributed by atoms with Crippen LogP contribution in [0.3, 0.4) is 0 Å². The third kappa shape index (κ3) is 2.07. The van der Waals surface area contributed by atoms with Crippen LogP contribution in [0.25, 0.3) is 11.1 Å². The summed E-state index contributed by atoms with van der Waals surface area (Å²) in [5.41, 5.74) is 11.0. The van der Waals surface area contributed by atoms with Crippen LogP contribution >= 0.6 is 0 Å².